The summed E-state index contributed by atoms with van der Waals surface area (Å²) >= 11 is 0. The summed E-state index contributed by atoms with van der Waals surface area (Å²) in [6.45, 7) is 13.1. The smallest absolute Gasteiger partial charge is 0.0444 e. The van der Waals surface area contributed by atoms with E-state index in [9.17, 15) is 5.21 Å². The van der Waals surface area contributed by atoms with E-state index in [2.05, 4.69) is 41.5 Å². The largest absolute Gasteiger partial charge is 0.313 e. The Balaban J connectivity index is 2.78. The molecule has 0 bridgehead atoms. The van der Waals surface area contributed by atoms with Crippen molar-refractivity contribution >= 4 is 0 Å². The molecule has 2 heteroatoms. The highest BCUT2D eigenvalue weighted by molar-refractivity contribution is 5.00. The summed E-state index contributed by atoms with van der Waals surface area (Å²) in [5.74, 6) is 0. The molecule has 14 heavy (non-hydrogen) atoms. The SMILES string of the molecule is CC(C)(C)CC1(C)CCC(C)(C)N1O. The molecule has 1 rings (SSSR count). The second-order valence-electron chi connectivity index (χ2n) is 6.86. The van der Waals surface area contributed by atoms with Crippen LogP contribution in [0.4, 0.5) is 0 Å². The first-order valence-electron chi connectivity index (χ1n) is 5.56. The zero-order chi connectivity index (χ0) is 11.2. The van der Waals surface area contributed by atoms with Gasteiger partial charge in [0.1, 0.15) is 0 Å². The van der Waals surface area contributed by atoms with E-state index >= 15 is 0 Å². The fraction of sp³-hybridized carbons (Fsp3) is 1.00. The van der Waals surface area contributed by atoms with Crippen molar-refractivity contribution in [3.63, 3.8) is 0 Å². The van der Waals surface area contributed by atoms with Gasteiger partial charge in [0.15, 0.2) is 0 Å². The molecule has 1 atom stereocenters. The summed E-state index contributed by atoms with van der Waals surface area (Å²) in [6, 6.07) is 0. The first-order valence-corrected chi connectivity index (χ1v) is 5.56. The molecule has 1 fully saturated rings. The highest BCUT2D eigenvalue weighted by Gasteiger charge is 2.48. The average Bonchev–Trinajstić information content (AvgIpc) is 2.12. The molecule has 0 saturated carbocycles. The number of hydroxylamine groups is 2. The Morgan fingerprint density at radius 3 is 1.93 bits per heavy atom. The maximum absolute atomic E-state index is 10.2. The molecule has 0 amide bonds. The lowest BCUT2D eigenvalue weighted by Crippen LogP contribution is -2.49. The van der Waals surface area contributed by atoms with Crippen LogP contribution >= 0.6 is 0 Å². The first-order chi connectivity index (χ1) is 6.07. The van der Waals surface area contributed by atoms with Crippen molar-refractivity contribution in [2.75, 3.05) is 0 Å². The zero-order valence-corrected chi connectivity index (χ0v) is 10.5. The molecule has 1 saturated heterocycles. The third-order valence-corrected chi connectivity index (χ3v) is 3.27. The lowest BCUT2D eigenvalue weighted by molar-refractivity contribution is -0.204. The van der Waals surface area contributed by atoms with Crippen molar-refractivity contribution in [3.8, 4) is 0 Å². The van der Waals surface area contributed by atoms with Gasteiger partial charge in [-0.2, -0.15) is 5.06 Å². The topological polar surface area (TPSA) is 23.5 Å². The van der Waals surface area contributed by atoms with E-state index in [-0.39, 0.29) is 16.5 Å². The Bertz CT molecular complexity index is 217. The van der Waals surface area contributed by atoms with E-state index in [1.165, 1.54) is 0 Å². The third kappa shape index (κ3) is 2.29. The summed E-state index contributed by atoms with van der Waals surface area (Å²) in [6.07, 6.45) is 3.21. The highest BCUT2D eigenvalue weighted by Crippen LogP contribution is 2.44. The van der Waals surface area contributed by atoms with Crippen molar-refractivity contribution in [2.45, 2.75) is 71.9 Å². The second kappa shape index (κ2) is 3.21. The molecule has 0 radical (unpaired) electrons. The molecule has 0 aromatic rings. The van der Waals surface area contributed by atoms with Gasteiger partial charge in [-0.1, -0.05) is 20.8 Å². The predicted octanol–water partition coefficient (Wildman–Crippen LogP) is 3.44. The lowest BCUT2D eigenvalue weighted by atomic mass is 9.80. The Kier molecular flexibility index (Phi) is 2.75. The Morgan fingerprint density at radius 2 is 1.64 bits per heavy atom. The van der Waals surface area contributed by atoms with Gasteiger partial charge in [-0.25, -0.2) is 0 Å². The van der Waals surface area contributed by atoms with Crippen molar-refractivity contribution < 1.29 is 5.21 Å². The van der Waals surface area contributed by atoms with Gasteiger partial charge < -0.3 is 5.21 Å². The van der Waals surface area contributed by atoms with Gasteiger partial charge in [0.2, 0.25) is 0 Å². The summed E-state index contributed by atoms with van der Waals surface area (Å²) in [5, 5.41) is 11.8. The minimum atomic E-state index is -0.0556. The number of nitrogens with zero attached hydrogens (tertiary/aromatic N) is 1. The van der Waals surface area contributed by atoms with Crippen LogP contribution < -0.4 is 0 Å². The van der Waals surface area contributed by atoms with Gasteiger partial charge in [-0.15, -0.1) is 0 Å². The molecule has 84 valence electrons. The van der Waals surface area contributed by atoms with Crippen LogP contribution in [0.1, 0.15) is 60.8 Å². The average molecular weight is 199 g/mol. The standard InChI is InChI=1S/C12H25NO/c1-10(2,3)9-12(6)8-7-11(4,5)13(12)14/h14H,7-9H2,1-6H3. The van der Waals surface area contributed by atoms with Crippen LogP contribution in [0.25, 0.3) is 0 Å². The molecule has 0 spiro atoms. The van der Waals surface area contributed by atoms with Crippen LogP contribution in [0.2, 0.25) is 0 Å². The summed E-state index contributed by atoms with van der Waals surface area (Å²) in [7, 11) is 0. The molecule has 2 nitrogen and oxygen atoms in total. The number of hydrogen-bond donors (Lipinski definition) is 1. The summed E-state index contributed by atoms with van der Waals surface area (Å²) in [5.41, 5.74) is 0.178. The van der Waals surface area contributed by atoms with Gasteiger partial charge in [-0.05, 0) is 45.4 Å². The van der Waals surface area contributed by atoms with Crippen molar-refractivity contribution in [3.05, 3.63) is 0 Å². The Hall–Kier alpha value is -0.0800. The molecule has 1 N–H and O–H groups in total. The van der Waals surface area contributed by atoms with Gasteiger partial charge in [0.05, 0.1) is 0 Å². The van der Waals surface area contributed by atoms with E-state index in [0.717, 1.165) is 19.3 Å². The van der Waals surface area contributed by atoms with Crippen LogP contribution in [0.3, 0.4) is 0 Å². The second-order valence-corrected chi connectivity index (χ2v) is 6.86. The molecule has 0 aromatic heterocycles. The minimum absolute atomic E-state index is 0.0399. The number of hydrogen-bond acceptors (Lipinski definition) is 2. The van der Waals surface area contributed by atoms with Gasteiger partial charge in [0, 0.05) is 11.1 Å². The minimum Gasteiger partial charge on any atom is -0.313 e. The van der Waals surface area contributed by atoms with Gasteiger partial charge >= 0.3 is 0 Å². The Labute approximate surface area is 88.3 Å². The first kappa shape index (κ1) is 12.0. The highest BCUT2D eigenvalue weighted by atomic mass is 16.5. The van der Waals surface area contributed by atoms with Gasteiger partial charge in [-0.3, -0.25) is 0 Å². The molecule has 1 heterocycles. The van der Waals surface area contributed by atoms with Crippen LogP contribution in [-0.4, -0.2) is 21.3 Å². The fourth-order valence-electron chi connectivity index (χ4n) is 2.82. The van der Waals surface area contributed by atoms with Gasteiger partial charge in [0.25, 0.3) is 0 Å². The summed E-state index contributed by atoms with van der Waals surface area (Å²) in [4.78, 5) is 0. The van der Waals surface area contributed by atoms with Crippen molar-refractivity contribution in [1.29, 1.82) is 0 Å². The monoisotopic (exact) mass is 199 g/mol. The molecule has 1 aliphatic heterocycles. The quantitative estimate of drug-likeness (QED) is 0.699. The maximum Gasteiger partial charge on any atom is 0.0444 e. The van der Waals surface area contributed by atoms with Crippen LogP contribution in [-0.2, 0) is 0 Å². The van der Waals surface area contributed by atoms with Crippen LogP contribution in [0.15, 0.2) is 0 Å². The normalized spacial score (nSPS) is 33.6. The van der Waals surface area contributed by atoms with E-state index in [1.807, 2.05) is 0 Å². The fourth-order valence-corrected chi connectivity index (χ4v) is 2.82. The molecular formula is C12H25NO. The van der Waals surface area contributed by atoms with E-state index in [1.54, 1.807) is 5.06 Å². The molecular weight excluding hydrogens is 174 g/mol. The maximum atomic E-state index is 10.2. The predicted molar refractivity (Wildman–Crippen MR) is 59.4 cm³/mol. The lowest BCUT2D eigenvalue weighted by Gasteiger charge is -2.40. The van der Waals surface area contributed by atoms with Crippen LogP contribution in [0, 0.1) is 5.41 Å². The van der Waals surface area contributed by atoms with Crippen LogP contribution in [0.5, 0.6) is 0 Å². The van der Waals surface area contributed by atoms with Crippen molar-refractivity contribution in [1.82, 2.24) is 5.06 Å². The van der Waals surface area contributed by atoms with Crippen molar-refractivity contribution in [2.24, 2.45) is 5.41 Å². The third-order valence-electron chi connectivity index (χ3n) is 3.27. The zero-order valence-electron chi connectivity index (χ0n) is 10.5. The molecule has 1 aliphatic rings. The number of rotatable bonds is 1. The van der Waals surface area contributed by atoms with E-state index < -0.39 is 0 Å². The molecule has 1 unspecified atom stereocenters. The molecule has 0 aromatic carbocycles. The Morgan fingerprint density at radius 1 is 1.14 bits per heavy atom. The van der Waals surface area contributed by atoms with E-state index in [4.69, 9.17) is 0 Å². The van der Waals surface area contributed by atoms with E-state index in [0.29, 0.717) is 0 Å². The molecule has 0 aliphatic carbocycles. The summed E-state index contributed by atoms with van der Waals surface area (Å²) < 4.78 is 0.